The van der Waals surface area contributed by atoms with Crippen LogP contribution in [0.4, 0.5) is 0 Å². The van der Waals surface area contributed by atoms with Crippen molar-refractivity contribution in [1.29, 1.82) is 0 Å². The van der Waals surface area contributed by atoms with Crippen LogP contribution in [0.25, 0.3) is 0 Å². The fourth-order valence-corrected chi connectivity index (χ4v) is 4.24. The second-order valence-corrected chi connectivity index (χ2v) is 7.79. The third-order valence-electron chi connectivity index (χ3n) is 5.77. The van der Waals surface area contributed by atoms with Crippen LogP contribution >= 0.6 is 0 Å². The van der Waals surface area contributed by atoms with E-state index < -0.39 is 0 Å². The maximum absolute atomic E-state index is 5.93. The molecule has 136 valence electrons. The maximum Gasteiger partial charge on any atom is 0.147 e. The molecule has 5 heteroatoms. The molecule has 1 saturated carbocycles. The molecule has 0 N–H and O–H groups in total. The first-order valence-electron chi connectivity index (χ1n) is 9.91. The molecule has 0 aromatic carbocycles. The highest BCUT2D eigenvalue weighted by Crippen LogP contribution is 2.29. The van der Waals surface area contributed by atoms with Crippen LogP contribution in [0.1, 0.15) is 70.4 Å². The van der Waals surface area contributed by atoms with E-state index in [2.05, 4.69) is 40.4 Å². The lowest BCUT2D eigenvalue weighted by Gasteiger charge is -2.37. The van der Waals surface area contributed by atoms with E-state index in [1.165, 1.54) is 38.5 Å². The number of aryl methyl sites for hydroxylation is 1. The lowest BCUT2D eigenvalue weighted by atomic mass is 9.86. The monoisotopic (exact) mass is 334 g/mol. The second kappa shape index (κ2) is 8.43. The maximum atomic E-state index is 5.93. The normalized spacial score (nSPS) is 27.9. The van der Waals surface area contributed by atoms with Gasteiger partial charge in [-0.05, 0) is 57.8 Å². The van der Waals surface area contributed by atoms with Gasteiger partial charge in [-0.25, -0.2) is 0 Å². The summed E-state index contributed by atoms with van der Waals surface area (Å²) >= 11 is 0. The van der Waals surface area contributed by atoms with Crippen LogP contribution in [0.15, 0.2) is 0 Å². The Hall–Kier alpha value is -0.940. The van der Waals surface area contributed by atoms with Gasteiger partial charge < -0.3 is 9.30 Å². The number of rotatable bonds is 7. The molecule has 1 aliphatic heterocycles. The van der Waals surface area contributed by atoms with Gasteiger partial charge in [-0.1, -0.05) is 13.8 Å². The predicted molar refractivity (Wildman–Crippen MR) is 95.9 cm³/mol. The van der Waals surface area contributed by atoms with Crippen molar-refractivity contribution < 1.29 is 4.74 Å². The summed E-state index contributed by atoms with van der Waals surface area (Å²) in [5.41, 5.74) is 0. The number of nitrogens with zero attached hydrogens (tertiary/aromatic N) is 4. The fourth-order valence-electron chi connectivity index (χ4n) is 4.24. The average Bonchev–Trinajstić information content (AvgIpc) is 3.20. The quantitative estimate of drug-likeness (QED) is 0.765. The first-order chi connectivity index (χ1) is 11.7. The highest BCUT2D eigenvalue weighted by molar-refractivity contribution is 4.95. The Balaban J connectivity index is 1.71. The van der Waals surface area contributed by atoms with E-state index >= 15 is 0 Å². The highest BCUT2D eigenvalue weighted by atomic mass is 16.5. The molecule has 1 unspecified atom stereocenters. The zero-order chi connectivity index (χ0) is 16.9. The largest absolute Gasteiger partial charge is 0.377 e. The third-order valence-corrected chi connectivity index (χ3v) is 5.77. The minimum Gasteiger partial charge on any atom is -0.377 e. The molecule has 1 saturated heterocycles. The SMILES string of the molecule is CCCn1c(C)nnc1CN(CC1CCCO1)C1CCC(C)CC1. The van der Waals surface area contributed by atoms with Gasteiger partial charge >= 0.3 is 0 Å². The van der Waals surface area contributed by atoms with Gasteiger partial charge in [0.25, 0.3) is 0 Å². The van der Waals surface area contributed by atoms with Gasteiger partial charge in [-0.3, -0.25) is 4.90 Å². The van der Waals surface area contributed by atoms with E-state index in [-0.39, 0.29) is 0 Å². The first-order valence-corrected chi connectivity index (χ1v) is 9.91. The minimum atomic E-state index is 0.410. The number of hydrogen-bond donors (Lipinski definition) is 0. The van der Waals surface area contributed by atoms with Crippen molar-refractivity contribution in [2.75, 3.05) is 13.2 Å². The molecule has 3 rings (SSSR count). The van der Waals surface area contributed by atoms with Gasteiger partial charge in [-0.15, -0.1) is 10.2 Å². The summed E-state index contributed by atoms with van der Waals surface area (Å²) in [6.07, 6.45) is 9.29. The predicted octanol–water partition coefficient (Wildman–Crippen LogP) is 3.56. The van der Waals surface area contributed by atoms with Crippen LogP contribution in [0.2, 0.25) is 0 Å². The van der Waals surface area contributed by atoms with Gasteiger partial charge in [0.15, 0.2) is 0 Å². The van der Waals surface area contributed by atoms with Gasteiger partial charge in [0.1, 0.15) is 11.6 Å². The Morgan fingerprint density at radius 2 is 1.96 bits per heavy atom. The Kier molecular flexibility index (Phi) is 6.28. The zero-order valence-corrected chi connectivity index (χ0v) is 15.7. The Morgan fingerprint density at radius 1 is 1.17 bits per heavy atom. The van der Waals surface area contributed by atoms with Crippen molar-refractivity contribution in [3.05, 3.63) is 11.6 Å². The van der Waals surface area contributed by atoms with Crippen molar-refractivity contribution in [3.8, 4) is 0 Å². The summed E-state index contributed by atoms with van der Waals surface area (Å²) in [6, 6.07) is 0.678. The zero-order valence-electron chi connectivity index (χ0n) is 15.7. The molecule has 5 nitrogen and oxygen atoms in total. The summed E-state index contributed by atoms with van der Waals surface area (Å²) in [7, 11) is 0. The molecule has 1 atom stereocenters. The molecule has 1 aromatic heterocycles. The molecule has 2 heterocycles. The van der Waals surface area contributed by atoms with E-state index in [0.717, 1.165) is 50.2 Å². The molecule has 2 fully saturated rings. The summed E-state index contributed by atoms with van der Waals surface area (Å²) in [5, 5.41) is 8.82. The molecule has 24 heavy (non-hydrogen) atoms. The Bertz CT molecular complexity index is 501. The van der Waals surface area contributed by atoms with E-state index in [1.807, 2.05) is 0 Å². The van der Waals surface area contributed by atoms with Gasteiger partial charge in [0, 0.05) is 25.7 Å². The molecule has 1 aliphatic carbocycles. The number of aromatic nitrogens is 3. The standard InChI is InChI=1S/C19H34N4O/c1-4-11-23-16(3)20-21-19(23)14-22(13-18-6-5-12-24-18)17-9-7-15(2)8-10-17/h15,17-18H,4-14H2,1-3H3. The molecule has 0 bridgehead atoms. The van der Waals surface area contributed by atoms with Crippen LogP contribution in [0.3, 0.4) is 0 Å². The topological polar surface area (TPSA) is 43.2 Å². The average molecular weight is 335 g/mol. The number of hydrogen-bond acceptors (Lipinski definition) is 4. The van der Waals surface area contributed by atoms with E-state index in [0.29, 0.717) is 12.1 Å². The van der Waals surface area contributed by atoms with Crippen LogP contribution < -0.4 is 0 Å². The van der Waals surface area contributed by atoms with E-state index in [1.54, 1.807) is 0 Å². The fraction of sp³-hybridized carbons (Fsp3) is 0.895. The lowest BCUT2D eigenvalue weighted by Crippen LogP contribution is -2.42. The molecule has 2 aliphatic rings. The first kappa shape index (κ1) is 17.9. The number of ether oxygens (including phenoxy) is 1. The lowest BCUT2D eigenvalue weighted by molar-refractivity contribution is 0.0392. The van der Waals surface area contributed by atoms with Crippen LogP contribution in [0, 0.1) is 12.8 Å². The van der Waals surface area contributed by atoms with Crippen molar-refractivity contribution in [2.45, 2.75) is 91.0 Å². The molecular weight excluding hydrogens is 300 g/mol. The van der Waals surface area contributed by atoms with Crippen LogP contribution in [-0.2, 0) is 17.8 Å². The van der Waals surface area contributed by atoms with Crippen molar-refractivity contribution in [3.63, 3.8) is 0 Å². The smallest absolute Gasteiger partial charge is 0.147 e. The molecule has 0 radical (unpaired) electrons. The summed E-state index contributed by atoms with van der Waals surface area (Å²) < 4.78 is 8.23. The van der Waals surface area contributed by atoms with Crippen LogP contribution in [-0.4, -0.2) is 45.0 Å². The molecule has 0 spiro atoms. The van der Waals surface area contributed by atoms with Gasteiger partial charge in [0.05, 0.1) is 12.6 Å². The van der Waals surface area contributed by atoms with Crippen molar-refractivity contribution in [2.24, 2.45) is 5.92 Å². The summed E-state index contributed by atoms with van der Waals surface area (Å²) in [6.45, 7) is 10.6. The van der Waals surface area contributed by atoms with E-state index in [9.17, 15) is 0 Å². The molecule has 0 amide bonds. The van der Waals surface area contributed by atoms with E-state index in [4.69, 9.17) is 4.74 Å². The minimum absolute atomic E-state index is 0.410. The van der Waals surface area contributed by atoms with Gasteiger partial charge in [0.2, 0.25) is 0 Å². The molecular formula is C19H34N4O. The third kappa shape index (κ3) is 4.37. The summed E-state index contributed by atoms with van der Waals surface area (Å²) in [4.78, 5) is 2.65. The molecule has 1 aromatic rings. The Labute approximate surface area is 146 Å². The highest BCUT2D eigenvalue weighted by Gasteiger charge is 2.29. The van der Waals surface area contributed by atoms with Crippen molar-refractivity contribution in [1.82, 2.24) is 19.7 Å². The Morgan fingerprint density at radius 3 is 2.62 bits per heavy atom. The summed E-state index contributed by atoms with van der Waals surface area (Å²) in [5.74, 6) is 3.06. The van der Waals surface area contributed by atoms with Crippen LogP contribution in [0.5, 0.6) is 0 Å². The van der Waals surface area contributed by atoms with Gasteiger partial charge in [-0.2, -0.15) is 0 Å². The second-order valence-electron chi connectivity index (χ2n) is 7.79. The van der Waals surface area contributed by atoms with Crippen molar-refractivity contribution >= 4 is 0 Å².